The minimum absolute atomic E-state index is 0.0204. The monoisotopic (exact) mass is 312 g/mol. The normalized spacial score (nSPS) is 10.7. The molecule has 0 unspecified atom stereocenters. The van der Waals surface area contributed by atoms with Gasteiger partial charge in [0.25, 0.3) is 11.6 Å². The van der Waals surface area contributed by atoms with Gasteiger partial charge in [0.2, 0.25) is 0 Å². The van der Waals surface area contributed by atoms with Crippen LogP contribution in [0.1, 0.15) is 50.4 Å². The Morgan fingerprint density at radius 2 is 2.05 bits per heavy atom. The molecule has 1 amide bonds. The first-order valence-corrected chi connectivity index (χ1v) is 7.51. The lowest BCUT2D eigenvalue weighted by molar-refractivity contribution is -0.385. The molecule has 0 aliphatic heterocycles. The van der Waals surface area contributed by atoms with Gasteiger partial charge in [-0.2, -0.15) is 0 Å². The predicted octanol–water partition coefficient (Wildman–Crippen LogP) is 4.29. The topological polar surface area (TPSA) is 63.5 Å². The van der Waals surface area contributed by atoms with Gasteiger partial charge in [-0.1, -0.05) is 31.4 Å². The third-order valence-electron chi connectivity index (χ3n) is 3.27. The van der Waals surface area contributed by atoms with Crippen LogP contribution in [0.15, 0.2) is 18.2 Å². The first kappa shape index (κ1) is 17.4. The van der Waals surface area contributed by atoms with Crippen molar-refractivity contribution in [3.05, 3.63) is 38.9 Å². The van der Waals surface area contributed by atoms with E-state index >= 15 is 0 Å². The number of nitro groups is 1. The first-order valence-electron chi connectivity index (χ1n) is 7.13. The maximum absolute atomic E-state index is 12.6. The lowest BCUT2D eigenvalue weighted by atomic mass is 10.1. The highest BCUT2D eigenvalue weighted by Crippen LogP contribution is 2.25. The van der Waals surface area contributed by atoms with E-state index in [9.17, 15) is 14.9 Å². The molecule has 0 saturated carbocycles. The summed E-state index contributed by atoms with van der Waals surface area (Å²) >= 11 is 5.88. The number of carbonyl (C=O) groups is 1. The van der Waals surface area contributed by atoms with E-state index in [-0.39, 0.29) is 23.2 Å². The minimum atomic E-state index is -0.548. The molecule has 0 bridgehead atoms. The Bertz CT molecular complexity index is 518. The van der Waals surface area contributed by atoms with Crippen LogP contribution in [0.25, 0.3) is 0 Å². The summed E-state index contributed by atoms with van der Waals surface area (Å²) in [6.07, 6.45) is 2.96. The van der Waals surface area contributed by atoms with Crippen LogP contribution >= 0.6 is 11.6 Å². The van der Waals surface area contributed by atoms with Crippen molar-refractivity contribution in [3.8, 4) is 0 Å². The van der Waals surface area contributed by atoms with Gasteiger partial charge in [-0.25, -0.2) is 0 Å². The molecule has 0 aliphatic rings. The highest BCUT2D eigenvalue weighted by Gasteiger charge is 2.26. The molecule has 0 fully saturated rings. The number of nitrogens with zero attached hydrogens (tertiary/aromatic N) is 2. The van der Waals surface area contributed by atoms with Gasteiger partial charge in [-0.15, -0.1) is 0 Å². The molecule has 0 saturated heterocycles. The van der Waals surface area contributed by atoms with Crippen LogP contribution in [-0.2, 0) is 0 Å². The van der Waals surface area contributed by atoms with E-state index in [2.05, 4.69) is 6.92 Å². The Balaban J connectivity index is 3.08. The largest absolute Gasteiger partial charge is 0.336 e. The number of hydrogen-bond donors (Lipinski definition) is 0. The molecular weight excluding hydrogens is 292 g/mol. The van der Waals surface area contributed by atoms with Gasteiger partial charge >= 0.3 is 0 Å². The standard InChI is InChI=1S/C15H21ClN2O3/c1-4-5-6-9-17(11(2)3)15(19)13-10-12(16)7-8-14(13)18(20)21/h7-8,10-11H,4-6,9H2,1-3H3. The molecule has 21 heavy (non-hydrogen) atoms. The summed E-state index contributed by atoms with van der Waals surface area (Å²) in [6, 6.07) is 4.05. The Morgan fingerprint density at radius 1 is 1.38 bits per heavy atom. The average Bonchev–Trinajstić information content (AvgIpc) is 2.42. The summed E-state index contributed by atoms with van der Waals surface area (Å²) in [7, 11) is 0. The second-order valence-corrected chi connectivity index (χ2v) is 5.65. The van der Waals surface area contributed by atoms with Gasteiger partial charge in [0.1, 0.15) is 5.56 Å². The van der Waals surface area contributed by atoms with Gasteiger partial charge in [-0.05, 0) is 32.4 Å². The molecule has 0 aliphatic carbocycles. The van der Waals surface area contributed by atoms with Crippen LogP contribution in [0.2, 0.25) is 5.02 Å². The number of unbranched alkanes of at least 4 members (excludes halogenated alkanes) is 2. The van der Waals surface area contributed by atoms with E-state index in [1.165, 1.54) is 18.2 Å². The molecule has 0 atom stereocenters. The fraction of sp³-hybridized carbons (Fsp3) is 0.533. The molecule has 5 nitrogen and oxygen atoms in total. The Labute approximate surface area is 130 Å². The van der Waals surface area contributed by atoms with Crippen molar-refractivity contribution in [2.75, 3.05) is 6.54 Å². The van der Waals surface area contributed by atoms with Crippen LogP contribution in [0.3, 0.4) is 0 Å². The van der Waals surface area contributed by atoms with Gasteiger partial charge in [0, 0.05) is 23.7 Å². The van der Waals surface area contributed by atoms with E-state index < -0.39 is 4.92 Å². The van der Waals surface area contributed by atoms with Crippen LogP contribution in [0.5, 0.6) is 0 Å². The second kappa shape index (κ2) is 7.98. The summed E-state index contributed by atoms with van der Waals surface area (Å²) in [4.78, 5) is 24.8. The number of benzene rings is 1. The van der Waals surface area contributed by atoms with Crippen molar-refractivity contribution >= 4 is 23.2 Å². The SMILES string of the molecule is CCCCCN(C(=O)c1cc(Cl)ccc1[N+](=O)[O-])C(C)C. The summed E-state index contributed by atoms with van der Waals surface area (Å²) in [5.41, 5.74) is -0.150. The zero-order valence-electron chi connectivity index (χ0n) is 12.6. The van der Waals surface area contributed by atoms with Crippen molar-refractivity contribution in [3.63, 3.8) is 0 Å². The molecule has 0 radical (unpaired) electrons. The summed E-state index contributed by atoms with van der Waals surface area (Å²) in [6.45, 7) is 6.48. The molecule has 1 aromatic carbocycles. The lowest BCUT2D eigenvalue weighted by Crippen LogP contribution is -2.38. The smallest absolute Gasteiger partial charge is 0.282 e. The van der Waals surface area contributed by atoms with Gasteiger partial charge < -0.3 is 4.90 Å². The molecule has 116 valence electrons. The fourth-order valence-electron chi connectivity index (χ4n) is 2.12. The van der Waals surface area contributed by atoms with E-state index in [0.717, 1.165) is 19.3 Å². The molecule has 6 heteroatoms. The van der Waals surface area contributed by atoms with Crippen molar-refractivity contribution in [2.45, 2.75) is 46.1 Å². The van der Waals surface area contributed by atoms with Crippen LogP contribution in [0.4, 0.5) is 5.69 Å². The summed E-state index contributed by atoms with van der Waals surface area (Å²) in [5, 5.41) is 11.4. The predicted molar refractivity (Wildman–Crippen MR) is 83.8 cm³/mol. The fourth-order valence-corrected chi connectivity index (χ4v) is 2.29. The number of carbonyl (C=O) groups excluding carboxylic acids is 1. The van der Waals surface area contributed by atoms with E-state index in [4.69, 9.17) is 11.6 Å². The summed E-state index contributed by atoms with van der Waals surface area (Å²) in [5.74, 6) is -0.338. The Morgan fingerprint density at radius 3 is 2.57 bits per heavy atom. The van der Waals surface area contributed by atoms with E-state index in [1.807, 2.05) is 13.8 Å². The third-order valence-corrected chi connectivity index (χ3v) is 3.51. The second-order valence-electron chi connectivity index (χ2n) is 5.22. The van der Waals surface area contributed by atoms with Gasteiger partial charge in [-0.3, -0.25) is 14.9 Å². The molecule has 1 rings (SSSR count). The Kier molecular flexibility index (Phi) is 6.62. The average molecular weight is 313 g/mol. The quantitative estimate of drug-likeness (QED) is 0.428. The molecule has 0 heterocycles. The van der Waals surface area contributed by atoms with Crippen LogP contribution in [0, 0.1) is 10.1 Å². The van der Waals surface area contributed by atoms with Crippen molar-refractivity contribution in [1.29, 1.82) is 0 Å². The third kappa shape index (κ3) is 4.70. The zero-order valence-corrected chi connectivity index (χ0v) is 13.4. The van der Waals surface area contributed by atoms with Crippen LogP contribution < -0.4 is 0 Å². The number of amides is 1. The number of halogens is 1. The lowest BCUT2D eigenvalue weighted by Gasteiger charge is -2.26. The van der Waals surface area contributed by atoms with Gasteiger partial charge in [0.15, 0.2) is 0 Å². The van der Waals surface area contributed by atoms with Crippen molar-refractivity contribution in [1.82, 2.24) is 4.90 Å². The molecule has 0 aromatic heterocycles. The van der Waals surface area contributed by atoms with Crippen LogP contribution in [-0.4, -0.2) is 28.3 Å². The number of rotatable bonds is 7. The highest BCUT2D eigenvalue weighted by atomic mass is 35.5. The minimum Gasteiger partial charge on any atom is -0.336 e. The van der Waals surface area contributed by atoms with E-state index in [1.54, 1.807) is 4.90 Å². The van der Waals surface area contributed by atoms with Crippen molar-refractivity contribution in [2.24, 2.45) is 0 Å². The summed E-state index contributed by atoms with van der Waals surface area (Å²) < 4.78 is 0. The number of hydrogen-bond acceptors (Lipinski definition) is 3. The van der Waals surface area contributed by atoms with E-state index in [0.29, 0.717) is 11.6 Å². The molecule has 0 N–H and O–H groups in total. The molecular formula is C15H21ClN2O3. The maximum atomic E-state index is 12.6. The first-order chi connectivity index (χ1) is 9.88. The zero-order chi connectivity index (χ0) is 16.0. The van der Waals surface area contributed by atoms with Gasteiger partial charge in [0.05, 0.1) is 4.92 Å². The highest BCUT2D eigenvalue weighted by molar-refractivity contribution is 6.31. The molecule has 1 aromatic rings. The maximum Gasteiger partial charge on any atom is 0.282 e. The Hall–Kier alpha value is -1.62. The number of nitro benzene ring substituents is 1. The van der Waals surface area contributed by atoms with Crippen molar-refractivity contribution < 1.29 is 9.72 Å². The molecule has 0 spiro atoms.